The standard InChI is InChI=1S/C48H60N8O6/c1-25(2)41(53-47(59)61-5)45(57)55-20-8-12-37(55)43-49-23-35(51-43)32-17-16-31(29-10-7-11-30(29)32)33-18-19-34(40-28-15-14-27(22-28)39(33)40)36-24-50-44(52-36)38-13-9-21-56(38)46(58)42(26(3)4)54-48(60)62-6/h16-19,23-28,37-38,41-42H,7-15,20-22H2,1-6H3,(H,49,51)(H,50,52)(H,53,59)(H,54,60). The first-order chi connectivity index (χ1) is 30.0. The molecule has 4 N–H and O–H groups in total. The van der Waals surface area contributed by atoms with Crippen molar-refractivity contribution in [1.82, 2.24) is 40.4 Å². The van der Waals surface area contributed by atoms with Crippen molar-refractivity contribution in [2.75, 3.05) is 27.3 Å². The maximum absolute atomic E-state index is 13.8. The van der Waals surface area contributed by atoms with E-state index in [-0.39, 0.29) is 35.7 Å². The molecule has 2 aliphatic heterocycles. The number of imidazole rings is 2. The zero-order chi connectivity index (χ0) is 43.4. The first-order valence-electron chi connectivity index (χ1n) is 22.7. The molecule has 3 aliphatic carbocycles. The highest BCUT2D eigenvalue weighted by molar-refractivity contribution is 5.88. The summed E-state index contributed by atoms with van der Waals surface area (Å²) in [5.41, 5.74) is 12.7. The molecule has 0 spiro atoms. The molecule has 4 amide bonds. The number of carbonyl (C=O) groups excluding carboxylic acids is 4. The van der Waals surface area contributed by atoms with E-state index < -0.39 is 24.3 Å². The highest BCUT2D eigenvalue weighted by Gasteiger charge is 2.43. The molecular formula is C48H60N8O6. The Hall–Kier alpha value is -5.66. The molecule has 3 fully saturated rings. The predicted octanol–water partition coefficient (Wildman–Crippen LogP) is 8.08. The lowest BCUT2D eigenvalue weighted by molar-refractivity contribution is -0.136. The van der Waals surface area contributed by atoms with Crippen molar-refractivity contribution in [3.8, 4) is 33.6 Å². The molecular weight excluding hydrogens is 785 g/mol. The number of aromatic amines is 2. The average molecular weight is 845 g/mol. The maximum Gasteiger partial charge on any atom is 0.407 e. The van der Waals surface area contributed by atoms with Crippen molar-refractivity contribution >= 4 is 24.0 Å². The summed E-state index contributed by atoms with van der Waals surface area (Å²) in [6, 6.07) is 7.44. The molecule has 2 aromatic heterocycles. The van der Waals surface area contributed by atoms with Crippen molar-refractivity contribution in [1.29, 1.82) is 0 Å². The zero-order valence-corrected chi connectivity index (χ0v) is 36.8. The van der Waals surface area contributed by atoms with Gasteiger partial charge in [-0.3, -0.25) is 9.59 Å². The number of benzene rings is 2. The van der Waals surface area contributed by atoms with Gasteiger partial charge in [-0.2, -0.15) is 0 Å². The second-order valence-corrected chi connectivity index (χ2v) is 18.6. The van der Waals surface area contributed by atoms with Crippen LogP contribution in [0.5, 0.6) is 0 Å². The Kier molecular flexibility index (Phi) is 11.4. The van der Waals surface area contributed by atoms with Crippen molar-refractivity contribution in [2.24, 2.45) is 11.8 Å². The Bertz CT molecular complexity index is 2380. The minimum atomic E-state index is -0.682. The molecule has 328 valence electrons. The minimum absolute atomic E-state index is 0.100. The highest BCUT2D eigenvalue weighted by Crippen LogP contribution is 2.59. The van der Waals surface area contributed by atoms with Gasteiger partial charge in [0.05, 0.1) is 50.1 Å². The zero-order valence-electron chi connectivity index (χ0n) is 36.8. The molecule has 2 bridgehead atoms. The van der Waals surface area contributed by atoms with Gasteiger partial charge in [0, 0.05) is 24.2 Å². The quantitative estimate of drug-likeness (QED) is 0.117. The number of carbonyl (C=O) groups is 4. The summed E-state index contributed by atoms with van der Waals surface area (Å²) in [5, 5.41) is 5.49. The van der Waals surface area contributed by atoms with Crippen molar-refractivity contribution in [3.63, 3.8) is 0 Å². The monoisotopic (exact) mass is 844 g/mol. The smallest absolute Gasteiger partial charge is 0.407 e. The van der Waals surface area contributed by atoms with Gasteiger partial charge in [0.2, 0.25) is 11.8 Å². The molecule has 6 atom stereocenters. The summed E-state index contributed by atoms with van der Waals surface area (Å²) >= 11 is 0. The second-order valence-electron chi connectivity index (χ2n) is 18.6. The molecule has 5 aliphatic rings. The molecule has 2 saturated heterocycles. The van der Waals surface area contributed by atoms with Gasteiger partial charge in [0.25, 0.3) is 0 Å². The summed E-state index contributed by atoms with van der Waals surface area (Å²) in [4.78, 5) is 72.7. The number of hydrogen-bond donors (Lipinski definition) is 4. The number of rotatable bonds is 11. The summed E-state index contributed by atoms with van der Waals surface area (Å²) in [5.74, 6) is 2.15. The number of alkyl carbamates (subject to hydrolysis) is 2. The summed E-state index contributed by atoms with van der Waals surface area (Å²) in [6.45, 7) is 8.93. The van der Waals surface area contributed by atoms with Crippen LogP contribution in [0.1, 0.15) is 137 Å². The van der Waals surface area contributed by atoms with Crippen molar-refractivity contribution < 1.29 is 28.7 Å². The number of aromatic nitrogens is 4. The van der Waals surface area contributed by atoms with Crippen LogP contribution in [0, 0.1) is 11.8 Å². The van der Waals surface area contributed by atoms with Crippen LogP contribution in [-0.4, -0.2) is 93.1 Å². The van der Waals surface area contributed by atoms with Crippen LogP contribution in [0.25, 0.3) is 33.6 Å². The molecule has 4 heterocycles. The maximum atomic E-state index is 13.8. The van der Waals surface area contributed by atoms with E-state index in [4.69, 9.17) is 19.4 Å². The summed E-state index contributed by atoms with van der Waals surface area (Å²) in [6.07, 6.45) is 12.6. The first kappa shape index (κ1) is 41.7. The highest BCUT2D eigenvalue weighted by atomic mass is 16.5. The molecule has 0 radical (unpaired) electrons. The molecule has 6 unspecified atom stereocenters. The molecule has 14 nitrogen and oxygen atoms in total. The van der Waals surface area contributed by atoms with Gasteiger partial charge >= 0.3 is 12.2 Å². The third-order valence-corrected chi connectivity index (χ3v) is 14.4. The number of methoxy groups -OCH3 is 2. The molecule has 14 heteroatoms. The average Bonchev–Trinajstić information content (AvgIpc) is 4.12. The summed E-state index contributed by atoms with van der Waals surface area (Å²) < 4.78 is 9.65. The number of likely N-dealkylation sites (tertiary alicyclic amines) is 2. The lowest BCUT2D eigenvalue weighted by Crippen LogP contribution is -2.51. The van der Waals surface area contributed by atoms with Gasteiger partial charge in [-0.05, 0) is 121 Å². The minimum Gasteiger partial charge on any atom is -0.453 e. The van der Waals surface area contributed by atoms with Gasteiger partial charge in [-0.25, -0.2) is 19.6 Å². The number of H-pyrrole nitrogens is 2. The van der Waals surface area contributed by atoms with Gasteiger partial charge in [-0.15, -0.1) is 0 Å². The van der Waals surface area contributed by atoms with Crippen LogP contribution in [0.4, 0.5) is 9.59 Å². The fourth-order valence-corrected chi connectivity index (χ4v) is 11.4. The van der Waals surface area contributed by atoms with E-state index in [2.05, 4.69) is 44.9 Å². The van der Waals surface area contributed by atoms with Crippen LogP contribution in [0.3, 0.4) is 0 Å². The SMILES string of the molecule is COC(=O)NC(C(=O)N1CCCC1c1ncc(-c2ccc(-c3ccc(-c4cnc(C5CCCN5C(=O)C(NC(=O)OC)C(C)C)[nH]4)c4c3C3CCC4C3)c3c2CCC3)[nH]1)C(C)C. The van der Waals surface area contributed by atoms with Crippen LogP contribution in [0.2, 0.25) is 0 Å². The van der Waals surface area contributed by atoms with Gasteiger partial charge in [0.1, 0.15) is 23.7 Å². The molecule has 62 heavy (non-hydrogen) atoms. The van der Waals surface area contributed by atoms with Crippen LogP contribution < -0.4 is 10.6 Å². The Labute approximate surface area is 363 Å². The van der Waals surface area contributed by atoms with Crippen LogP contribution in [-0.2, 0) is 31.9 Å². The Morgan fingerprint density at radius 3 is 1.60 bits per heavy atom. The largest absolute Gasteiger partial charge is 0.453 e. The molecule has 2 aromatic carbocycles. The fourth-order valence-electron chi connectivity index (χ4n) is 11.4. The van der Waals surface area contributed by atoms with E-state index in [1.165, 1.54) is 78.0 Å². The number of nitrogens with zero attached hydrogens (tertiary/aromatic N) is 4. The van der Waals surface area contributed by atoms with Crippen molar-refractivity contribution in [2.45, 2.75) is 128 Å². The van der Waals surface area contributed by atoms with E-state index in [0.717, 1.165) is 68.0 Å². The third-order valence-electron chi connectivity index (χ3n) is 14.4. The second kappa shape index (κ2) is 16.9. The number of ether oxygens (including phenoxy) is 2. The van der Waals surface area contributed by atoms with Gasteiger partial charge in [0.15, 0.2) is 0 Å². The van der Waals surface area contributed by atoms with Crippen LogP contribution >= 0.6 is 0 Å². The van der Waals surface area contributed by atoms with Gasteiger partial charge < -0.3 is 39.9 Å². The van der Waals surface area contributed by atoms with E-state index in [0.29, 0.717) is 24.9 Å². The van der Waals surface area contributed by atoms with E-state index in [9.17, 15) is 19.2 Å². The number of amides is 4. The van der Waals surface area contributed by atoms with E-state index in [1.807, 2.05) is 49.9 Å². The lowest BCUT2D eigenvalue weighted by atomic mass is 9.81. The first-order valence-corrected chi connectivity index (χ1v) is 22.7. The number of nitrogens with one attached hydrogen (secondary N) is 4. The topological polar surface area (TPSA) is 175 Å². The molecule has 4 aromatic rings. The molecule has 1 saturated carbocycles. The van der Waals surface area contributed by atoms with E-state index >= 15 is 0 Å². The normalized spacial score (nSPS) is 22.3. The third kappa shape index (κ3) is 7.32. The lowest BCUT2D eigenvalue weighted by Gasteiger charge is -2.30. The molecule has 9 rings (SSSR count). The Morgan fingerprint density at radius 1 is 0.629 bits per heavy atom. The fraction of sp³-hybridized carbons (Fsp3) is 0.542. The predicted molar refractivity (Wildman–Crippen MR) is 234 cm³/mol. The number of hydrogen-bond acceptors (Lipinski definition) is 8. The summed E-state index contributed by atoms with van der Waals surface area (Å²) in [7, 11) is 2.62. The van der Waals surface area contributed by atoms with E-state index in [1.54, 1.807) is 0 Å². The van der Waals surface area contributed by atoms with Gasteiger partial charge in [-0.1, -0.05) is 52.0 Å². The Morgan fingerprint density at radius 2 is 1.08 bits per heavy atom. The Balaban J connectivity index is 0.992. The van der Waals surface area contributed by atoms with Crippen LogP contribution in [0.15, 0.2) is 36.7 Å². The van der Waals surface area contributed by atoms with Crippen molar-refractivity contribution in [3.05, 3.63) is 70.6 Å². The number of fused-ring (bicyclic) bond motifs is 6.